The van der Waals surface area contributed by atoms with E-state index < -0.39 is 38.5 Å². The molecule has 1 fully saturated rings. The van der Waals surface area contributed by atoms with Crippen LogP contribution in [-0.4, -0.2) is 70.0 Å². The summed E-state index contributed by atoms with van der Waals surface area (Å²) in [6.07, 6.45) is 0.667. The van der Waals surface area contributed by atoms with Crippen molar-refractivity contribution in [3.05, 3.63) is 58.1 Å². The first-order valence-corrected chi connectivity index (χ1v) is 13.2. The molecule has 2 aromatic rings. The number of rotatable bonds is 12. The summed E-state index contributed by atoms with van der Waals surface area (Å²) in [5, 5.41) is 10.7. The third kappa shape index (κ3) is 6.95. The van der Waals surface area contributed by atoms with Crippen molar-refractivity contribution in [3.8, 4) is 0 Å². The van der Waals surface area contributed by atoms with Gasteiger partial charge in [0.2, 0.25) is 0 Å². The Morgan fingerprint density at radius 2 is 2.14 bits per heavy atom. The number of hydrogen-bond donors (Lipinski definition) is 3. The normalized spacial score (nSPS) is 22.8. The van der Waals surface area contributed by atoms with Gasteiger partial charge in [0, 0.05) is 36.4 Å². The van der Waals surface area contributed by atoms with E-state index in [9.17, 15) is 19.4 Å². The van der Waals surface area contributed by atoms with E-state index >= 15 is 0 Å². The minimum absolute atomic E-state index is 0.0181. The monoisotopic (exact) mass is 542 g/mol. The van der Waals surface area contributed by atoms with Gasteiger partial charge in [0.1, 0.15) is 24.1 Å². The first kappa shape index (κ1) is 28.3. The van der Waals surface area contributed by atoms with Crippen LogP contribution in [0.25, 0.3) is 6.08 Å². The average Bonchev–Trinajstić information content (AvgIpc) is 3.12. The number of anilines is 2. The second-order valence-electron chi connectivity index (χ2n) is 8.20. The van der Waals surface area contributed by atoms with E-state index in [0.717, 1.165) is 21.4 Å². The van der Waals surface area contributed by atoms with Gasteiger partial charge in [0.25, 0.3) is 0 Å². The van der Waals surface area contributed by atoms with Gasteiger partial charge in [-0.05, 0) is 31.5 Å². The van der Waals surface area contributed by atoms with Crippen molar-refractivity contribution in [2.75, 3.05) is 42.8 Å². The topological polar surface area (TPSA) is 149 Å². The van der Waals surface area contributed by atoms with Crippen molar-refractivity contribution in [1.82, 2.24) is 9.55 Å². The predicted octanol–water partition coefficient (Wildman–Crippen LogP) is 1.95. The molecule has 3 rings (SSSR count). The van der Waals surface area contributed by atoms with Crippen LogP contribution >= 0.6 is 19.9 Å². The number of aliphatic hydroxyl groups excluding tert-OH is 1. The van der Waals surface area contributed by atoms with Crippen LogP contribution in [0.1, 0.15) is 24.3 Å². The van der Waals surface area contributed by atoms with Gasteiger partial charge < -0.3 is 34.6 Å². The van der Waals surface area contributed by atoms with E-state index in [1.54, 1.807) is 0 Å². The summed E-state index contributed by atoms with van der Waals surface area (Å²) in [6, 6.07) is 7.44. The molecule has 5 atom stereocenters. The smallest absolute Gasteiger partial charge is 0.351 e. The molecule has 0 amide bonds. The van der Waals surface area contributed by atoms with Crippen LogP contribution in [0.15, 0.2) is 41.3 Å². The minimum Gasteiger partial charge on any atom is -0.386 e. The molecule has 1 aromatic carbocycles. The molecule has 0 bridgehead atoms. The van der Waals surface area contributed by atoms with Crippen molar-refractivity contribution in [1.29, 1.82) is 0 Å². The number of nitrogen functional groups attached to an aromatic ring is 1. The van der Waals surface area contributed by atoms with E-state index in [4.69, 9.17) is 31.3 Å². The Bertz CT molecular complexity index is 1130. The number of aliphatic hydroxyl groups is 1. The molecule has 198 valence electrons. The third-order valence-corrected chi connectivity index (χ3v) is 6.43. The highest BCUT2D eigenvalue weighted by Gasteiger charge is 2.46. The van der Waals surface area contributed by atoms with Crippen molar-refractivity contribution in [2.24, 2.45) is 0 Å². The van der Waals surface area contributed by atoms with Crippen LogP contribution in [0.2, 0.25) is 0 Å². The molecular weight excluding hydrogens is 511 g/mol. The Labute approximate surface area is 215 Å². The van der Waals surface area contributed by atoms with Crippen molar-refractivity contribution in [2.45, 2.75) is 38.4 Å². The zero-order valence-electron chi connectivity index (χ0n) is 20.1. The van der Waals surface area contributed by atoms with E-state index in [0.29, 0.717) is 19.0 Å². The quantitative estimate of drug-likeness (QED) is 0.206. The highest BCUT2D eigenvalue weighted by Crippen LogP contribution is 2.35. The molecule has 0 spiro atoms. The first-order chi connectivity index (χ1) is 17.3. The van der Waals surface area contributed by atoms with E-state index in [2.05, 4.69) is 9.88 Å². The standard InChI is InChI=1S/C23H32ClN4O7P/c1-3-5-16-15(2)6-4-7-17(16)27(11-9-24)12-13-33-14-18-21(35-36(31)32)20(29)22(34-18)28-10-8-19(25)26-23(28)30/h3-8,10,18,20-22,29,36H,9,11-14H2,1-2H3,(H,31,32)(H2,25,26,30)/b5-3-/t18-,20-,21-,22-/m1/s1. The highest BCUT2D eigenvalue weighted by atomic mass is 35.5. The number of nitrogens with two attached hydrogens (primary N) is 1. The Morgan fingerprint density at radius 3 is 2.81 bits per heavy atom. The fraction of sp³-hybridized carbons (Fsp3) is 0.478. The Balaban J connectivity index is 1.68. The molecule has 2 heterocycles. The fourth-order valence-corrected chi connectivity index (χ4v) is 4.85. The molecule has 1 saturated heterocycles. The Morgan fingerprint density at radius 1 is 1.36 bits per heavy atom. The molecule has 1 aliphatic heterocycles. The molecular formula is C23H32ClN4O7P. The lowest BCUT2D eigenvalue weighted by molar-refractivity contribution is -0.0663. The van der Waals surface area contributed by atoms with Crippen molar-refractivity contribution >= 4 is 37.4 Å². The molecule has 11 nitrogen and oxygen atoms in total. The molecule has 1 aromatic heterocycles. The predicted molar refractivity (Wildman–Crippen MR) is 139 cm³/mol. The van der Waals surface area contributed by atoms with Crippen LogP contribution in [0.5, 0.6) is 0 Å². The second-order valence-corrected chi connectivity index (χ2v) is 9.35. The SMILES string of the molecule is C/C=C\c1c(C)cccc1N(CCCl)CCOC[C@H]1O[C@@H](n2ccc(N)nc2=O)[C@H](O)[C@@H]1O[PH](=O)O. The summed E-state index contributed by atoms with van der Waals surface area (Å²) < 4.78 is 29.1. The number of benzene rings is 1. The molecule has 0 aliphatic carbocycles. The molecule has 0 radical (unpaired) electrons. The second kappa shape index (κ2) is 13.3. The van der Waals surface area contributed by atoms with Crippen molar-refractivity contribution in [3.63, 3.8) is 0 Å². The maximum absolute atomic E-state index is 12.2. The summed E-state index contributed by atoms with van der Waals surface area (Å²) in [5.74, 6) is 0.443. The van der Waals surface area contributed by atoms with Gasteiger partial charge in [-0.15, -0.1) is 11.6 Å². The van der Waals surface area contributed by atoms with Gasteiger partial charge >= 0.3 is 13.9 Å². The van der Waals surface area contributed by atoms with Gasteiger partial charge in [-0.2, -0.15) is 4.98 Å². The highest BCUT2D eigenvalue weighted by molar-refractivity contribution is 7.32. The minimum atomic E-state index is -3.40. The van der Waals surface area contributed by atoms with Gasteiger partial charge in [-0.25, -0.2) is 4.79 Å². The number of hydrogen-bond acceptors (Lipinski definition) is 9. The van der Waals surface area contributed by atoms with Gasteiger partial charge in [0.15, 0.2) is 6.23 Å². The maximum atomic E-state index is 12.2. The number of alkyl halides is 1. The Hall–Kier alpha value is -2.24. The van der Waals surface area contributed by atoms with Crippen LogP contribution < -0.4 is 16.3 Å². The van der Waals surface area contributed by atoms with Gasteiger partial charge in [-0.3, -0.25) is 9.13 Å². The van der Waals surface area contributed by atoms with Crippen LogP contribution in [0.4, 0.5) is 11.5 Å². The lowest BCUT2D eigenvalue weighted by atomic mass is 10.0. The number of ether oxygens (including phenoxy) is 2. The largest absolute Gasteiger partial charge is 0.386 e. The van der Waals surface area contributed by atoms with E-state index in [-0.39, 0.29) is 19.0 Å². The summed E-state index contributed by atoms with van der Waals surface area (Å²) in [7, 11) is -3.40. The number of aryl methyl sites for hydroxylation is 1. The summed E-state index contributed by atoms with van der Waals surface area (Å²) in [4.78, 5) is 27.3. The molecule has 36 heavy (non-hydrogen) atoms. The maximum Gasteiger partial charge on any atom is 0.351 e. The summed E-state index contributed by atoms with van der Waals surface area (Å²) in [5.41, 5.74) is 8.05. The molecule has 1 aliphatic rings. The van der Waals surface area contributed by atoms with E-state index in [1.165, 1.54) is 12.3 Å². The number of nitrogens with zero attached hydrogens (tertiary/aromatic N) is 3. The lowest BCUT2D eigenvalue weighted by Gasteiger charge is -2.27. The van der Waals surface area contributed by atoms with Gasteiger partial charge in [0.05, 0.1) is 13.2 Å². The number of aromatic nitrogens is 2. The average molecular weight is 543 g/mol. The van der Waals surface area contributed by atoms with Crippen LogP contribution in [0, 0.1) is 6.92 Å². The first-order valence-electron chi connectivity index (χ1n) is 11.5. The van der Waals surface area contributed by atoms with Crippen LogP contribution in [0.3, 0.4) is 0 Å². The number of halogens is 1. The van der Waals surface area contributed by atoms with Crippen LogP contribution in [-0.2, 0) is 18.6 Å². The fourth-order valence-electron chi connectivity index (χ4n) is 4.12. The molecule has 13 heteroatoms. The summed E-state index contributed by atoms with van der Waals surface area (Å²) in [6.45, 7) is 5.36. The zero-order valence-corrected chi connectivity index (χ0v) is 21.9. The molecule has 4 N–H and O–H groups in total. The van der Waals surface area contributed by atoms with E-state index in [1.807, 2.05) is 44.2 Å². The third-order valence-electron chi connectivity index (χ3n) is 5.79. The van der Waals surface area contributed by atoms with Gasteiger partial charge in [-0.1, -0.05) is 24.3 Å². The van der Waals surface area contributed by atoms with Crippen molar-refractivity contribution < 1.29 is 28.6 Å². The summed E-state index contributed by atoms with van der Waals surface area (Å²) >= 11 is 6.06. The molecule has 0 saturated carbocycles. The zero-order chi connectivity index (χ0) is 26.2. The lowest BCUT2D eigenvalue weighted by Crippen LogP contribution is -2.37. The molecule has 1 unspecified atom stereocenters. The number of allylic oxidation sites excluding steroid dienone is 1. The Kier molecular flexibility index (Phi) is 10.5.